The van der Waals surface area contributed by atoms with Crippen molar-refractivity contribution in [2.45, 2.75) is 20.0 Å². The normalized spacial score (nSPS) is 16.7. The molecule has 1 aliphatic rings. The number of aliphatic hydroxyl groups is 1. The van der Waals surface area contributed by atoms with E-state index in [4.69, 9.17) is 15.2 Å². The van der Waals surface area contributed by atoms with Gasteiger partial charge in [0.15, 0.2) is 11.5 Å². The second-order valence-corrected chi connectivity index (χ2v) is 5.00. The molecule has 17 heavy (non-hydrogen) atoms. The van der Waals surface area contributed by atoms with Gasteiger partial charge in [-0.3, -0.25) is 0 Å². The van der Waals surface area contributed by atoms with Crippen LogP contribution in [0.4, 0.5) is 0 Å². The van der Waals surface area contributed by atoms with Crippen molar-refractivity contribution in [2.24, 2.45) is 11.1 Å². The summed E-state index contributed by atoms with van der Waals surface area (Å²) in [7, 11) is 0. The number of nitrogens with two attached hydrogens (primary N) is 1. The molecule has 4 nitrogen and oxygen atoms in total. The number of hydrogen-bond donors (Lipinski definition) is 2. The first-order chi connectivity index (χ1) is 8.04. The average Bonchev–Trinajstić information content (AvgIpc) is 2.37. The van der Waals surface area contributed by atoms with E-state index in [-0.39, 0.29) is 5.41 Å². The molecular formula is C13H19NO3. The van der Waals surface area contributed by atoms with Crippen molar-refractivity contribution in [3.05, 3.63) is 23.8 Å². The van der Waals surface area contributed by atoms with Gasteiger partial charge in [0.05, 0.1) is 6.10 Å². The van der Waals surface area contributed by atoms with Gasteiger partial charge in [-0.2, -0.15) is 0 Å². The molecule has 0 fully saturated rings. The van der Waals surface area contributed by atoms with Gasteiger partial charge in [0, 0.05) is 12.0 Å². The highest BCUT2D eigenvalue weighted by atomic mass is 16.6. The van der Waals surface area contributed by atoms with Gasteiger partial charge < -0.3 is 20.3 Å². The summed E-state index contributed by atoms with van der Waals surface area (Å²) < 4.78 is 10.9. The monoisotopic (exact) mass is 237 g/mol. The maximum Gasteiger partial charge on any atom is 0.161 e. The van der Waals surface area contributed by atoms with Gasteiger partial charge in [0.1, 0.15) is 13.2 Å². The average molecular weight is 237 g/mol. The highest BCUT2D eigenvalue weighted by Crippen LogP contribution is 2.37. The third-order valence-corrected chi connectivity index (χ3v) is 3.15. The fraction of sp³-hybridized carbons (Fsp3) is 0.538. The molecule has 0 saturated heterocycles. The summed E-state index contributed by atoms with van der Waals surface area (Å²) in [5.41, 5.74) is 6.12. The molecular weight excluding hydrogens is 218 g/mol. The van der Waals surface area contributed by atoms with E-state index in [1.165, 1.54) is 0 Å². The Kier molecular flexibility index (Phi) is 3.26. The van der Waals surface area contributed by atoms with E-state index in [9.17, 15) is 5.11 Å². The lowest BCUT2D eigenvalue weighted by atomic mass is 9.83. The smallest absolute Gasteiger partial charge is 0.161 e. The number of hydrogen-bond acceptors (Lipinski definition) is 4. The Bertz CT molecular complexity index is 404. The summed E-state index contributed by atoms with van der Waals surface area (Å²) in [6.45, 7) is 5.42. The Morgan fingerprint density at radius 3 is 2.59 bits per heavy atom. The number of benzene rings is 1. The SMILES string of the molecule is CC(C)(CN)C(O)c1ccc2c(c1)OCCO2. The van der Waals surface area contributed by atoms with E-state index >= 15 is 0 Å². The summed E-state index contributed by atoms with van der Waals surface area (Å²) >= 11 is 0. The summed E-state index contributed by atoms with van der Waals surface area (Å²) in [5, 5.41) is 10.3. The summed E-state index contributed by atoms with van der Waals surface area (Å²) in [6, 6.07) is 5.52. The second-order valence-electron chi connectivity index (χ2n) is 5.00. The molecule has 2 rings (SSSR count). The van der Waals surface area contributed by atoms with Gasteiger partial charge in [-0.15, -0.1) is 0 Å². The molecule has 0 spiro atoms. The lowest BCUT2D eigenvalue weighted by molar-refractivity contribution is 0.0549. The number of ether oxygens (including phenoxy) is 2. The standard InChI is InChI=1S/C13H19NO3/c1-13(2,8-14)12(15)9-3-4-10-11(7-9)17-6-5-16-10/h3-4,7,12,15H,5-6,8,14H2,1-2H3. The van der Waals surface area contributed by atoms with Gasteiger partial charge in [-0.05, 0) is 17.7 Å². The van der Waals surface area contributed by atoms with E-state index in [1.54, 1.807) is 0 Å². The molecule has 1 unspecified atom stereocenters. The van der Waals surface area contributed by atoms with Crippen LogP contribution in [0.2, 0.25) is 0 Å². The number of fused-ring (bicyclic) bond motifs is 1. The fourth-order valence-electron chi connectivity index (χ4n) is 1.79. The quantitative estimate of drug-likeness (QED) is 0.835. The third-order valence-electron chi connectivity index (χ3n) is 3.15. The van der Waals surface area contributed by atoms with Gasteiger partial charge in [0.25, 0.3) is 0 Å². The van der Waals surface area contributed by atoms with Crippen molar-refractivity contribution in [1.29, 1.82) is 0 Å². The van der Waals surface area contributed by atoms with Crippen LogP contribution in [0, 0.1) is 5.41 Å². The van der Waals surface area contributed by atoms with E-state index < -0.39 is 6.10 Å². The molecule has 0 aliphatic carbocycles. The van der Waals surface area contributed by atoms with E-state index in [0.717, 1.165) is 11.3 Å². The Balaban J connectivity index is 2.28. The minimum Gasteiger partial charge on any atom is -0.486 e. The van der Waals surface area contributed by atoms with Gasteiger partial charge in [-0.25, -0.2) is 0 Å². The highest BCUT2D eigenvalue weighted by Gasteiger charge is 2.28. The molecule has 0 aromatic heterocycles. The minimum absolute atomic E-state index is 0.357. The van der Waals surface area contributed by atoms with Crippen LogP contribution in [-0.2, 0) is 0 Å². The van der Waals surface area contributed by atoms with Crippen LogP contribution in [0.25, 0.3) is 0 Å². The van der Waals surface area contributed by atoms with Crippen LogP contribution in [-0.4, -0.2) is 24.9 Å². The van der Waals surface area contributed by atoms with E-state index in [1.807, 2.05) is 32.0 Å². The molecule has 0 amide bonds. The van der Waals surface area contributed by atoms with Crippen LogP contribution in [0.3, 0.4) is 0 Å². The summed E-state index contributed by atoms with van der Waals surface area (Å²) in [6.07, 6.45) is -0.608. The third kappa shape index (κ3) is 2.37. The van der Waals surface area contributed by atoms with Crippen molar-refractivity contribution in [3.8, 4) is 11.5 Å². The highest BCUT2D eigenvalue weighted by molar-refractivity contribution is 5.44. The van der Waals surface area contributed by atoms with Crippen molar-refractivity contribution < 1.29 is 14.6 Å². The molecule has 1 aliphatic heterocycles. The van der Waals surface area contributed by atoms with Crippen molar-refractivity contribution >= 4 is 0 Å². The van der Waals surface area contributed by atoms with Crippen molar-refractivity contribution in [1.82, 2.24) is 0 Å². The Morgan fingerprint density at radius 2 is 1.94 bits per heavy atom. The van der Waals surface area contributed by atoms with Crippen LogP contribution in [0.15, 0.2) is 18.2 Å². The fourth-order valence-corrected chi connectivity index (χ4v) is 1.79. The zero-order chi connectivity index (χ0) is 12.5. The Hall–Kier alpha value is -1.26. The maximum atomic E-state index is 10.3. The predicted octanol–water partition coefficient (Wildman–Crippen LogP) is 1.48. The molecule has 1 aromatic carbocycles. The first-order valence-electron chi connectivity index (χ1n) is 5.82. The van der Waals surface area contributed by atoms with E-state index in [0.29, 0.717) is 25.5 Å². The van der Waals surface area contributed by atoms with Crippen LogP contribution >= 0.6 is 0 Å². The van der Waals surface area contributed by atoms with Crippen LogP contribution in [0.1, 0.15) is 25.5 Å². The molecule has 4 heteroatoms. The molecule has 94 valence electrons. The second kappa shape index (κ2) is 4.55. The number of aliphatic hydroxyl groups excluding tert-OH is 1. The molecule has 1 atom stereocenters. The van der Waals surface area contributed by atoms with Crippen LogP contribution < -0.4 is 15.2 Å². The zero-order valence-electron chi connectivity index (χ0n) is 10.3. The maximum absolute atomic E-state index is 10.3. The molecule has 1 heterocycles. The summed E-state index contributed by atoms with van der Waals surface area (Å²) in [5.74, 6) is 1.43. The van der Waals surface area contributed by atoms with Gasteiger partial charge >= 0.3 is 0 Å². The van der Waals surface area contributed by atoms with Crippen molar-refractivity contribution in [2.75, 3.05) is 19.8 Å². The lowest BCUT2D eigenvalue weighted by Gasteiger charge is -2.30. The Labute approximate surface area is 101 Å². The zero-order valence-corrected chi connectivity index (χ0v) is 10.3. The minimum atomic E-state index is -0.608. The molecule has 0 radical (unpaired) electrons. The topological polar surface area (TPSA) is 64.7 Å². The molecule has 3 N–H and O–H groups in total. The van der Waals surface area contributed by atoms with E-state index in [2.05, 4.69) is 0 Å². The predicted molar refractivity (Wildman–Crippen MR) is 65.2 cm³/mol. The van der Waals surface area contributed by atoms with Gasteiger partial charge in [0.2, 0.25) is 0 Å². The molecule has 0 bridgehead atoms. The number of rotatable bonds is 3. The molecule has 1 aromatic rings. The molecule has 0 saturated carbocycles. The summed E-state index contributed by atoms with van der Waals surface area (Å²) in [4.78, 5) is 0. The lowest BCUT2D eigenvalue weighted by Crippen LogP contribution is -2.30. The van der Waals surface area contributed by atoms with Crippen LogP contribution in [0.5, 0.6) is 11.5 Å². The first-order valence-corrected chi connectivity index (χ1v) is 5.82. The van der Waals surface area contributed by atoms with Gasteiger partial charge in [-0.1, -0.05) is 19.9 Å². The first kappa shape index (κ1) is 12.2. The van der Waals surface area contributed by atoms with Crippen molar-refractivity contribution in [3.63, 3.8) is 0 Å². The Morgan fingerprint density at radius 1 is 1.29 bits per heavy atom. The largest absolute Gasteiger partial charge is 0.486 e.